The van der Waals surface area contributed by atoms with Crippen molar-refractivity contribution in [1.29, 1.82) is 0 Å². The molecule has 0 aliphatic carbocycles. The molecule has 0 atom stereocenters. The Morgan fingerprint density at radius 2 is 1.88 bits per heavy atom. The lowest BCUT2D eigenvalue weighted by Crippen LogP contribution is -2.43. The number of aliphatic imine (C=N–C) groups is 1. The smallest absolute Gasteiger partial charge is 0.191 e. The fourth-order valence-corrected chi connectivity index (χ4v) is 2.37. The summed E-state index contributed by atoms with van der Waals surface area (Å²) in [4.78, 5) is 8.80. The van der Waals surface area contributed by atoms with Gasteiger partial charge in [0.25, 0.3) is 0 Å². The van der Waals surface area contributed by atoms with Crippen LogP contribution >= 0.6 is 24.0 Å². The Morgan fingerprint density at radius 3 is 2.44 bits per heavy atom. The van der Waals surface area contributed by atoms with Gasteiger partial charge in [0.2, 0.25) is 0 Å². The maximum absolute atomic E-state index is 4.60. The van der Waals surface area contributed by atoms with Crippen LogP contribution in [0.25, 0.3) is 0 Å². The van der Waals surface area contributed by atoms with Crippen LogP contribution in [0.3, 0.4) is 0 Å². The van der Waals surface area contributed by atoms with Crippen LogP contribution in [0.4, 0.5) is 0 Å². The van der Waals surface area contributed by atoms with Gasteiger partial charge in [-0.25, -0.2) is 9.98 Å². The first-order valence-corrected chi connectivity index (χ1v) is 8.34. The number of hydrogen-bond acceptors (Lipinski definition) is 3. The Hall–Kier alpha value is -1.64. The first-order valence-electron chi connectivity index (χ1n) is 8.34. The van der Waals surface area contributed by atoms with Crippen LogP contribution in [0.15, 0.2) is 35.6 Å². The maximum Gasteiger partial charge on any atom is 0.191 e. The average molecular weight is 456 g/mol. The lowest BCUT2D eigenvalue weighted by Gasteiger charge is -2.27. The molecule has 2 rings (SSSR count). The molecule has 7 heteroatoms. The maximum atomic E-state index is 4.60. The number of nitrogens with zero attached hydrogens (tertiary/aromatic N) is 4. The first kappa shape index (κ1) is 21.4. The summed E-state index contributed by atoms with van der Waals surface area (Å²) >= 11 is 0. The van der Waals surface area contributed by atoms with Crippen LogP contribution in [-0.2, 0) is 19.0 Å². The zero-order chi connectivity index (χ0) is 17.6. The van der Waals surface area contributed by atoms with Crippen molar-refractivity contribution in [2.45, 2.75) is 39.7 Å². The van der Waals surface area contributed by atoms with E-state index in [9.17, 15) is 0 Å². The van der Waals surface area contributed by atoms with Crippen molar-refractivity contribution in [3.8, 4) is 0 Å². The van der Waals surface area contributed by atoms with Crippen LogP contribution in [-0.4, -0.2) is 33.8 Å². The molecule has 0 aliphatic rings. The number of halogens is 1. The van der Waals surface area contributed by atoms with E-state index in [0.717, 1.165) is 24.9 Å². The molecule has 1 aromatic carbocycles. The monoisotopic (exact) mass is 456 g/mol. The zero-order valence-corrected chi connectivity index (χ0v) is 18.0. The Balaban J connectivity index is 0.00000312. The second-order valence-electron chi connectivity index (χ2n) is 6.60. The molecule has 0 unspecified atom stereocenters. The molecular formula is C18H29IN6. The van der Waals surface area contributed by atoms with E-state index in [4.69, 9.17) is 0 Å². The third kappa shape index (κ3) is 6.30. The minimum Gasteiger partial charge on any atom is -0.357 e. The van der Waals surface area contributed by atoms with Crippen molar-refractivity contribution in [3.63, 3.8) is 0 Å². The van der Waals surface area contributed by atoms with Gasteiger partial charge in [-0.05, 0) is 19.4 Å². The Labute approximate surface area is 167 Å². The van der Waals surface area contributed by atoms with Gasteiger partial charge in [-0.2, -0.15) is 5.10 Å². The lowest BCUT2D eigenvalue weighted by atomic mass is 9.84. The molecule has 0 radical (unpaired) electrons. The fourth-order valence-electron chi connectivity index (χ4n) is 2.37. The Bertz CT molecular complexity index is 675. The highest BCUT2D eigenvalue weighted by atomic mass is 127. The molecule has 0 amide bonds. The highest BCUT2D eigenvalue weighted by molar-refractivity contribution is 14.0. The number of hydrogen-bond donors (Lipinski definition) is 2. The molecular weight excluding hydrogens is 427 g/mol. The number of guanidine groups is 1. The zero-order valence-electron chi connectivity index (χ0n) is 15.7. The highest BCUT2D eigenvalue weighted by Crippen LogP contribution is 2.22. The van der Waals surface area contributed by atoms with E-state index in [0.29, 0.717) is 6.54 Å². The van der Waals surface area contributed by atoms with E-state index in [-0.39, 0.29) is 29.4 Å². The van der Waals surface area contributed by atoms with E-state index in [1.807, 2.05) is 7.05 Å². The van der Waals surface area contributed by atoms with Gasteiger partial charge < -0.3 is 10.6 Å². The van der Waals surface area contributed by atoms with Crippen molar-refractivity contribution in [2.75, 3.05) is 13.1 Å². The van der Waals surface area contributed by atoms with Crippen LogP contribution in [0.1, 0.15) is 37.7 Å². The molecule has 6 nitrogen and oxygen atoms in total. The number of benzene rings is 1. The number of aromatic nitrogens is 3. The average Bonchev–Trinajstić information content (AvgIpc) is 2.96. The standard InChI is InChI=1S/C18H28N6.HI/c1-6-19-17(20-11-16-22-13-23-24(16)5)21-12-18(3,4)15-9-7-14(2)8-10-15;/h7-10,13H,6,11-12H2,1-5H3,(H2,19,20,21);1H. The molecule has 0 saturated carbocycles. The second-order valence-corrected chi connectivity index (χ2v) is 6.60. The van der Waals surface area contributed by atoms with E-state index in [1.54, 1.807) is 11.0 Å². The Kier molecular flexibility index (Phi) is 8.34. The summed E-state index contributed by atoms with van der Waals surface area (Å²) in [5, 5.41) is 10.8. The van der Waals surface area contributed by atoms with E-state index in [1.165, 1.54) is 11.1 Å². The molecule has 0 bridgehead atoms. The number of rotatable bonds is 6. The van der Waals surface area contributed by atoms with E-state index in [2.05, 4.69) is 77.7 Å². The fraction of sp³-hybridized carbons (Fsp3) is 0.500. The topological polar surface area (TPSA) is 67.1 Å². The summed E-state index contributed by atoms with van der Waals surface area (Å²) in [5.74, 6) is 1.63. The van der Waals surface area contributed by atoms with Crippen molar-refractivity contribution in [3.05, 3.63) is 47.5 Å². The first-order chi connectivity index (χ1) is 11.4. The van der Waals surface area contributed by atoms with E-state index < -0.39 is 0 Å². The summed E-state index contributed by atoms with van der Waals surface area (Å²) in [6.45, 7) is 10.7. The van der Waals surface area contributed by atoms with Crippen LogP contribution in [0.2, 0.25) is 0 Å². The molecule has 2 N–H and O–H groups in total. The predicted octanol–water partition coefficient (Wildman–Crippen LogP) is 2.77. The molecule has 0 spiro atoms. The summed E-state index contributed by atoms with van der Waals surface area (Å²) in [5.41, 5.74) is 2.60. The summed E-state index contributed by atoms with van der Waals surface area (Å²) < 4.78 is 1.74. The Morgan fingerprint density at radius 1 is 1.20 bits per heavy atom. The molecule has 138 valence electrons. The quantitative estimate of drug-likeness (QED) is 0.399. The molecule has 25 heavy (non-hydrogen) atoms. The highest BCUT2D eigenvalue weighted by Gasteiger charge is 2.20. The summed E-state index contributed by atoms with van der Waals surface area (Å²) in [7, 11) is 1.87. The lowest BCUT2D eigenvalue weighted by molar-refractivity contribution is 0.508. The van der Waals surface area contributed by atoms with Gasteiger partial charge in [0.05, 0.1) is 0 Å². The van der Waals surface area contributed by atoms with Gasteiger partial charge in [-0.15, -0.1) is 24.0 Å². The van der Waals surface area contributed by atoms with Gasteiger partial charge >= 0.3 is 0 Å². The normalized spacial score (nSPS) is 11.8. The molecule has 0 aliphatic heterocycles. The van der Waals surface area contributed by atoms with Gasteiger partial charge in [0.15, 0.2) is 5.96 Å². The van der Waals surface area contributed by atoms with Crippen molar-refractivity contribution < 1.29 is 0 Å². The molecule has 0 saturated heterocycles. The summed E-state index contributed by atoms with van der Waals surface area (Å²) in [6, 6.07) is 8.70. The third-order valence-corrected chi connectivity index (χ3v) is 4.06. The number of aryl methyl sites for hydroxylation is 2. The largest absolute Gasteiger partial charge is 0.357 e. The molecule has 2 aromatic rings. The van der Waals surface area contributed by atoms with Crippen LogP contribution in [0.5, 0.6) is 0 Å². The second kappa shape index (κ2) is 9.74. The molecule has 0 fully saturated rings. The predicted molar refractivity (Wildman–Crippen MR) is 113 cm³/mol. The minimum absolute atomic E-state index is 0. The van der Waals surface area contributed by atoms with Crippen molar-refractivity contribution in [2.24, 2.45) is 12.0 Å². The van der Waals surface area contributed by atoms with Gasteiger partial charge in [0, 0.05) is 25.6 Å². The third-order valence-electron chi connectivity index (χ3n) is 4.06. The molecule has 1 heterocycles. The van der Waals surface area contributed by atoms with Crippen LogP contribution in [0, 0.1) is 6.92 Å². The van der Waals surface area contributed by atoms with Gasteiger partial charge in [-0.3, -0.25) is 4.68 Å². The number of nitrogens with one attached hydrogen (secondary N) is 2. The van der Waals surface area contributed by atoms with E-state index >= 15 is 0 Å². The molecule has 1 aromatic heterocycles. The minimum atomic E-state index is 0. The van der Waals surface area contributed by atoms with Gasteiger partial charge in [0.1, 0.15) is 18.7 Å². The van der Waals surface area contributed by atoms with Crippen molar-refractivity contribution in [1.82, 2.24) is 25.4 Å². The van der Waals surface area contributed by atoms with Gasteiger partial charge in [-0.1, -0.05) is 43.7 Å². The summed E-state index contributed by atoms with van der Waals surface area (Å²) in [6.07, 6.45) is 1.55. The SMILES string of the molecule is CCNC(=NCc1ncnn1C)NCC(C)(C)c1ccc(C)cc1.I. The van der Waals surface area contributed by atoms with Crippen LogP contribution < -0.4 is 10.6 Å². The van der Waals surface area contributed by atoms with Crippen molar-refractivity contribution >= 4 is 29.9 Å².